The molecule has 0 bridgehead atoms. The first-order valence-corrected chi connectivity index (χ1v) is 8.97. The molecule has 23 heavy (non-hydrogen) atoms. The Balaban J connectivity index is 0.000000188. The lowest BCUT2D eigenvalue weighted by atomic mass is 10.1. The van der Waals surface area contributed by atoms with Crippen LogP contribution in [0.25, 0.3) is 21.8 Å². The Hall–Kier alpha value is -1.78. The maximum atomic E-state index is 9.98. The van der Waals surface area contributed by atoms with Gasteiger partial charge in [-0.1, -0.05) is 49.7 Å². The number of benzene rings is 2. The van der Waals surface area contributed by atoms with Gasteiger partial charge in [-0.25, -0.2) is 9.55 Å². The van der Waals surface area contributed by atoms with E-state index in [0.29, 0.717) is 6.42 Å². The Bertz CT molecular complexity index is 711. The maximum absolute atomic E-state index is 9.98. The highest BCUT2D eigenvalue weighted by molar-refractivity contribution is 7.46. The zero-order valence-electron chi connectivity index (χ0n) is 12.9. The van der Waals surface area contributed by atoms with E-state index in [1.165, 1.54) is 10.8 Å². The molecule has 1 heterocycles. The molecule has 0 unspecified atom stereocenters. The van der Waals surface area contributed by atoms with Crippen LogP contribution in [-0.2, 0) is 9.09 Å². The van der Waals surface area contributed by atoms with Gasteiger partial charge in [0.05, 0.1) is 17.6 Å². The van der Waals surface area contributed by atoms with Crippen molar-refractivity contribution in [1.29, 1.82) is 0 Å². The third kappa shape index (κ3) is 5.73. The minimum absolute atomic E-state index is 0.140. The van der Waals surface area contributed by atoms with Crippen LogP contribution in [0.3, 0.4) is 0 Å². The highest BCUT2D eigenvalue weighted by atomic mass is 31.2. The van der Waals surface area contributed by atoms with Gasteiger partial charge < -0.3 is 9.79 Å². The van der Waals surface area contributed by atoms with Crippen LogP contribution in [0.1, 0.15) is 19.8 Å². The molecule has 0 amide bonds. The second kappa shape index (κ2) is 8.18. The molecule has 6 heteroatoms. The summed E-state index contributed by atoms with van der Waals surface area (Å²) in [7, 11) is -4.20. The van der Waals surface area contributed by atoms with Crippen LogP contribution in [0.5, 0.6) is 0 Å². The van der Waals surface area contributed by atoms with Crippen molar-refractivity contribution in [2.45, 2.75) is 19.8 Å². The molecule has 0 fully saturated rings. The first-order chi connectivity index (χ1) is 11.0. The molecule has 0 aliphatic rings. The third-order valence-electron chi connectivity index (χ3n) is 3.18. The number of aromatic nitrogens is 1. The zero-order chi connectivity index (χ0) is 16.7. The zero-order valence-corrected chi connectivity index (χ0v) is 13.8. The summed E-state index contributed by atoms with van der Waals surface area (Å²) < 4.78 is 14.1. The number of unbranched alkanes of at least 4 members (excludes halogenated alkanes) is 1. The number of para-hydroxylation sites is 2. The molecule has 0 saturated carbocycles. The molecule has 122 valence electrons. The minimum Gasteiger partial charge on any atom is -0.303 e. The van der Waals surface area contributed by atoms with E-state index in [1.54, 1.807) is 0 Å². The monoisotopic (exact) mass is 333 g/mol. The molecule has 0 aliphatic heterocycles. The van der Waals surface area contributed by atoms with Crippen LogP contribution in [0, 0.1) is 0 Å². The lowest BCUT2D eigenvalue weighted by Crippen LogP contribution is -1.90. The van der Waals surface area contributed by atoms with Gasteiger partial charge >= 0.3 is 7.82 Å². The highest BCUT2D eigenvalue weighted by Gasteiger charge is 2.11. The number of hydrogen-bond acceptors (Lipinski definition) is 3. The normalized spacial score (nSPS) is 11.3. The van der Waals surface area contributed by atoms with Crippen LogP contribution >= 0.6 is 7.82 Å². The minimum atomic E-state index is -4.20. The van der Waals surface area contributed by atoms with Gasteiger partial charge in [0.1, 0.15) is 0 Å². The highest BCUT2D eigenvalue weighted by Crippen LogP contribution is 2.35. The lowest BCUT2D eigenvalue weighted by Gasteiger charge is -2.02. The van der Waals surface area contributed by atoms with Crippen molar-refractivity contribution in [3.05, 3.63) is 54.6 Å². The molecular formula is C17H20NO4P. The first kappa shape index (κ1) is 17.6. The second-order valence-electron chi connectivity index (χ2n) is 5.05. The quantitative estimate of drug-likeness (QED) is 0.423. The Morgan fingerprint density at radius 3 is 2.00 bits per heavy atom. The molecule has 0 aliphatic carbocycles. The van der Waals surface area contributed by atoms with Gasteiger partial charge in [0.25, 0.3) is 0 Å². The topological polar surface area (TPSA) is 79.7 Å². The van der Waals surface area contributed by atoms with Gasteiger partial charge in [-0.05, 0) is 24.6 Å². The summed E-state index contributed by atoms with van der Waals surface area (Å²) in [6.07, 6.45) is 1.56. The fraction of sp³-hybridized carbons (Fsp3) is 0.235. The second-order valence-corrected chi connectivity index (χ2v) is 6.29. The van der Waals surface area contributed by atoms with E-state index in [4.69, 9.17) is 9.79 Å². The molecule has 0 atom stereocenters. The molecule has 3 rings (SSSR count). The van der Waals surface area contributed by atoms with Gasteiger partial charge in [0.2, 0.25) is 0 Å². The number of rotatable bonds is 4. The van der Waals surface area contributed by atoms with Crippen molar-refractivity contribution < 1.29 is 18.9 Å². The van der Waals surface area contributed by atoms with E-state index in [-0.39, 0.29) is 6.61 Å². The average Bonchev–Trinajstić information content (AvgIpc) is 2.52. The Labute approximate surface area is 135 Å². The molecule has 3 aromatic rings. The molecule has 1 aromatic heterocycles. The molecular weight excluding hydrogens is 313 g/mol. The van der Waals surface area contributed by atoms with E-state index >= 15 is 0 Å². The first-order valence-electron chi connectivity index (χ1n) is 7.44. The van der Waals surface area contributed by atoms with E-state index in [1.807, 2.05) is 43.3 Å². The molecule has 5 nitrogen and oxygen atoms in total. The number of phosphoric acid groups is 1. The van der Waals surface area contributed by atoms with Gasteiger partial charge in [-0.2, -0.15) is 0 Å². The number of phosphoric ester groups is 1. The van der Waals surface area contributed by atoms with Crippen LogP contribution in [0.4, 0.5) is 0 Å². The Kier molecular flexibility index (Phi) is 6.25. The maximum Gasteiger partial charge on any atom is 0.469 e. The van der Waals surface area contributed by atoms with Crippen molar-refractivity contribution >= 4 is 29.6 Å². The Morgan fingerprint density at radius 2 is 1.52 bits per heavy atom. The fourth-order valence-corrected chi connectivity index (χ4v) is 2.41. The van der Waals surface area contributed by atoms with Gasteiger partial charge in [-0.3, -0.25) is 4.52 Å². The van der Waals surface area contributed by atoms with Crippen LogP contribution in [-0.4, -0.2) is 21.4 Å². The van der Waals surface area contributed by atoms with Crippen molar-refractivity contribution in [3.63, 3.8) is 0 Å². The van der Waals surface area contributed by atoms with Gasteiger partial charge in [0.15, 0.2) is 0 Å². The van der Waals surface area contributed by atoms with Crippen LogP contribution in [0.2, 0.25) is 0 Å². The summed E-state index contributed by atoms with van der Waals surface area (Å²) in [6.45, 7) is 2.06. The molecule has 0 radical (unpaired) electrons. The predicted molar refractivity (Wildman–Crippen MR) is 92.2 cm³/mol. The number of hydrogen-bond donors (Lipinski definition) is 2. The van der Waals surface area contributed by atoms with Crippen molar-refractivity contribution in [3.8, 4) is 0 Å². The standard InChI is InChI=1S/C13H9N.C4H11O4P/c1-3-7-12-10(5-1)9-11-6-2-4-8-13(11)14-12;1-2-3-4-8-9(5,6)7/h1-9H;2-4H2,1H3,(H2,5,6,7). The third-order valence-corrected chi connectivity index (χ3v) is 3.70. The predicted octanol–water partition coefficient (Wildman–Crippen LogP) is 4.28. The summed E-state index contributed by atoms with van der Waals surface area (Å²) >= 11 is 0. The van der Waals surface area contributed by atoms with Crippen LogP contribution < -0.4 is 0 Å². The largest absolute Gasteiger partial charge is 0.469 e. The summed E-state index contributed by atoms with van der Waals surface area (Å²) in [5.74, 6) is 0. The molecule has 0 spiro atoms. The van der Waals surface area contributed by atoms with E-state index in [0.717, 1.165) is 17.5 Å². The van der Waals surface area contributed by atoms with Crippen molar-refractivity contribution in [1.82, 2.24) is 4.98 Å². The summed E-state index contributed by atoms with van der Waals surface area (Å²) in [5, 5.41) is 2.40. The van der Waals surface area contributed by atoms with E-state index in [9.17, 15) is 4.57 Å². The summed E-state index contributed by atoms with van der Waals surface area (Å²) in [6, 6.07) is 18.6. The molecule has 2 aromatic carbocycles. The van der Waals surface area contributed by atoms with Crippen molar-refractivity contribution in [2.24, 2.45) is 0 Å². The average molecular weight is 333 g/mol. The summed E-state index contributed by atoms with van der Waals surface area (Å²) in [5.41, 5.74) is 2.12. The molecule has 2 N–H and O–H groups in total. The SMILES string of the molecule is CCCCOP(=O)(O)O.c1ccc2nc3ccccc3cc2c1. The van der Waals surface area contributed by atoms with Crippen LogP contribution in [0.15, 0.2) is 54.6 Å². The van der Waals surface area contributed by atoms with Gasteiger partial charge in [-0.15, -0.1) is 0 Å². The number of pyridine rings is 1. The van der Waals surface area contributed by atoms with Crippen molar-refractivity contribution in [2.75, 3.05) is 6.61 Å². The fourth-order valence-electron chi connectivity index (χ4n) is 2.05. The number of fused-ring (bicyclic) bond motifs is 2. The number of nitrogens with zero attached hydrogens (tertiary/aromatic N) is 1. The van der Waals surface area contributed by atoms with Gasteiger partial charge in [0, 0.05) is 10.8 Å². The smallest absolute Gasteiger partial charge is 0.303 e. The van der Waals surface area contributed by atoms with E-state index in [2.05, 4.69) is 27.7 Å². The summed E-state index contributed by atoms with van der Waals surface area (Å²) in [4.78, 5) is 20.8. The van der Waals surface area contributed by atoms with E-state index < -0.39 is 7.82 Å². The lowest BCUT2D eigenvalue weighted by molar-refractivity contribution is 0.194. The molecule has 0 saturated heterocycles. The Morgan fingerprint density at radius 1 is 1.00 bits per heavy atom.